The molecule has 0 unspecified atom stereocenters. The van der Waals surface area contributed by atoms with Crippen LogP contribution in [0.25, 0.3) is 0 Å². The lowest BCUT2D eigenvalue weighted by Crippen LogP contribution is -1.96. The zero-order valence-electron chi connectivity index (χ0n) is 8.84. The van der Waals surface area contributed by atoms with Crippen LogP contribution in [-0.2, 0) is 6.61 Å². The van der Waals surface area contributed by atoms with Gasteiger partial charge in [-0.05, 0) is 24.3 Å². The van der Waals surface area contributed by atoms with Crippen LogP contribution in [0.3, 0.4) is 0 Å². The Bertz CT molecular complexity index is 451. The maximum Gasteiger partial charge on any atom is 0.292 e. The molecule has 0 saturated carbocycles. The molecule has 2 rings (SSSR count). The van der Waals surface area contributed by atoms with Crippen LogP contribution in [0.1, 0.15) is 5.69 Å². The van der Waals surface area contributed by atoms with Crippen molar-refractivity contribution in [3.63, 3.8) is 0 Å². The normalized spacial score (nSPS) is 10.1. The summed E-state index contributed by atoms with van der Waals surface area (Å²) in [7, 11) is 1.62. The topological polar surface area (TPSA) is 70.5 Å². The van der Waals surface area contributed by atoms with E-state index < -0.39 is 0 Å². The molecular weight excluding hydrogens is 208 g/mol. The quantitative estimate of drug-likeness (QED) is 0.851. The van der Waals surface area contributed by atoms with E-state index in [1.54, 1.807) is 7.11 Å². The van der Waals surface area contributed by atoms with Gasteiger partial charge in [0.2, 0.25) is 0 Å². The number of anilines is 1. The summed E-state index contributed by atoms with van der Waals surface area (Å²) < 4.78 is 15.4. The fraction of sp³-hybridized carbons (Fsp3) is 0.182. The zero-order chi connectivity index (χ0) is 11.4. The van der Waals surface area contributed by atoms with Crippen LogP contribution >= 0.6 is 0 Å². The van der Waals surface area contributed by atoms with Gasteiger partial charge in [0.05, 0.1) is 7.11 Å². The number of ether oxygens (including phenoxy) is 2. The third-order valence-electron chi connectivity index (χ3n) is 2.02. The van der Waals surface area contributed by atoms with Crippen molar-refractivity contribution in [3.8, 4) is 11.5 Å². The number of benzene rings is 1. The Hall–Kier alpha value is -2.17. The molecule has 0 atom stereocenters. The Labute approximate surface area is 92.8 Å². The maximum absolute atomic E-state index is 5.47. The fourth-order valence-electron chi connectivity index (χ4n) is 1.22. The molecule has 1 aromatic heterocycles. The number of rotatable bonds is 4. The molecule has 0 radical (unpaired) electrons. The summed E-state index contributed by atoms with van der Waals surface area (Å²) in [6.07, 6.45) is 1.47. The van der Waals surface area contributed by atoms with Gasteiger partial charge in [0, 0.05) is 0 Å². The third kappa shape index (κ3) is 2.44. The van der Waals surface area contributed by atoms with E-state index in [2.05, 4.69) is 4.98 Å². The molecule has 0 aliphatic carbocycles. The van der Waals surface area contributed by atoms with Crippen molar-refractivity contribution in [2.24, 2.45) is 0 Å². The van der Waals surface area contributed by atoms with Gasteiger partial charge in [-0.25, -0.2) is 0 Å². The lowest BCUT2D eigenvalue weighted by atomic mass is 10.3. The first kappa shape index (κ1) is 10.4. The van der Waals surface area contributed by atoms with Crippen LogP contribution in [-0.4, -0.2) is 12.1 Å². The molecule has 1 heterocycles. The van der Waals surface area contributed by atoms with E-state index in [0.717, 1.165) is 11.5 Å². The van der Waals surface area contributed by atoms with E-state index in [4.69, 9.17) is 19.6 Å². The molecule has 2 aromatic rings. The minimum Gasteiger partial charge on any atom is -0.497 e. The minimum atomic E-state index is 0.147. The summed E-state index contributed by atoms with van der Waals surface area (Å²) in [4.78, 5) is 3.92. The average molecular weight is 220 g/mol. The van der Waals surface area contributed by atoms with Crippen molar-refractivity contribution >= 4 is 6.01 Å². The Morgan fingerprint density at radius 2 is 1.94 bits per heavy atom. The van der Waals surface area contributed by atoms with Crippen molar-refractivity contribution in [1.29, 1.82) is 0 Å². The van der Waals surface area contributed by atoms with Crippen molar-refractivity contribution in [1.82, 2.24) is 4.98 Å². The summed E-state index contributed by atoms with van der Waals surface area (Å²) in [5.41, 5.74) is 6.00. The Morgan fingerprint density at radius 3 is 2.50 bits per heavy atom. The predicted octanol–water partition coefficient (Wildman–Crippen LogP) is 1.84. The van der Waals surface area contributed by atoms with Crippen molar-refractivity contribution in [2.45, 2.75) is 6.61 Å². The van der Waals surface area contributed by atoms with Gasteiger partial charge in [0.15, 0.2) is 0 Å². The second kappa shape index (κ2) is 4.57. The Balaban J connectivity index is 1.94. The van der Waals surface area contributed by atoms with Crippen molar-refractivity contribution in [3.05, 3.63) is 36.2 Å². The number of oxazole rings is 1. The predicted molar refractivity (Wildman–Crippen MR) is 58.2 cm³/mol. The van der Waals surface area contributed by atoms with Crippen LogP contribution < -0.4 is 15.2 Å². The molecule has 0 aliphatic heterocycles. The molecule has 0 spiro atoms. The number of hydrogen-bond donors (Lipinski definition) is 1. The molecule has 1 aromatic carbocycles. The lowest BCUT2D eigenvalue weighted by Gasteiger charge is -2.04. The standard InChI is InChI=1S/C11H12N2O3/c1-14-9-2-4-10(5-3-9)15-6-8-7-16-11(12)13-8/h2-5,7H,6H2,1H3,(H2,12,13). The molecule has 0 amide bonds. The maximum atomic E-state index is 5.47. The molecule has 0 bridgehead atoms. The van der Waals surface area contributed by atoms with Crippen molar-refractivity contribution in [2.75, 3.05) is 12.8 Å². The number of nitrogens with two attached hydrogens (primary N) is 1. The fourth-order valence-corrected chi connectivity index (χ4v) is 1.22. The van der Waals surface area contributed by atoms with Gasteiger partial charge in [-0.2, -0.15) is 4.98 Å². The second-order valence-electron chi connectivity index (χ2n) is 3.14. The molecular formula is C11H12N2O3. The SMILES string of the molecule is COc1ccc(OCc2coc(N)n2)cc1. The highest BCUT2D eigenvalue weighted by molar-refractivity contribution is 5.31. The molecule has 0 aliphatic rings. The van der Waals surface area contributed by atoms with Crippen LogP contribution in [0.4, 0.5) is 6.01 Å². The van der Waals surface area contributed by atoms with Gasteiger partial charge >= 0.3 is 0 Å². The van der Waals surface area contributed by atoms with Crippen LogP contribution in [0.5, 0.6) is 11.5 Å². The Morgan fingerprint density at radius 1 is 1.25 bits per heavy atom. The number of aromatic nitrogens is 1. The van der Waals surface area contributed by atoms with E-state index >= 15 is 0 Å². The van der Waals surface area contributed by atoms with E-state index in [-0.39, 0.29) is 6.01 Å². The highest BCUT2D eigenvalue weighted by atomic mass is 16.5. The first-order valence-corrected chi connectivity index (χ1v) is 4.74. The molecule has 5 heteroatoms. The summed E-state index contributed by atoms with van der Waals surface area (Å²) in [6.45, 7) is 0.326. The highest BCUT2D eigenvalue weighted by Gasteiger charge is 2.01. The highest BCUT2D eigenvalue weighted by Crippen LogP contribution is 2.18. The third-order valence-corrected chi connectivity index (χ3v) is 2.02. The van der Waals surface area contributed by atoms with E-state index in [0.29, 0.717) is 12.3 Å². The molecule has 16 heavy (non-hydrogen) atoms. The molecule has 0 saturated heterocycles. The smallest absolute Gasteiger partial charge is 0.292 e. The summed E-state index contributed by atoms with van der Waals surface area (Å²) in [5.74, 6) is 1.53. The average Bonchev–Trinajstić information content (AvgIpc) is 2.73. The molecule has 2 N–H and O–H groups in total. The van der Waals surface area contributed by atoms with Gasteiger partial charge in [0.1, 0.15) is 30.1 Å². The van der Waals surface area contributed by atoms with Crippen LogP contribution in [0.15, 0.2) is 34.9 Å². The van der Waals surface area contributed by atoms with Crippen LogP contribution in [0.2, 0.25) is 0 Å². The first-order valence-electron chi connectivity index (χ1n) is 4.74. The first-order chi connectivity index (χ1) is 7.78. The van der Waals surface area contributed by atoms with Crippen molar-refractivity contribution < 1.29 is 13.9 Å². The summed E-state index contributed by atoms with van der Waals surface area (Å²) in [6, 6.07) is 7.44. The van der Waals surface area contributed by atoms with Crippen LogP contribution in [0, 0.1) is 0 Å². The number of nitrogens with zero attached hydrogens (tertiary/aromatic N) is 1. The van der Waals surface area contributed by atoms with Gasteiger partial charge in [0.25, 0.3) is 6.01 Å². The zero-order valence-corrected chi connectivity index (χ0v) is 8.84. The lowest BCUT2D eigenvalue weighted by molar-refractivity contribution is 0.300. The molecule has 0 fully saturated rings. The second-order valence-corrected chi connectivity index (χ2v) is 3.14. The number of hydrogen-bond acceptors (Lipinski definition) is 5. The summed E-state index contributed by atoms with van der Waals surface area (Å²) in [5, 5.41) is 0. The monoisotopic (exact) mass is 220 g/mol. The molecule has 84 valence electrons. The number of methoxy groups -OCH3 is 1. The van der Waals surface area contributed by atoms with E-state index in [9.17, 15) is 0 Å². The van der Waals surface area contributed by atoms with Gasteiger partial charge in [-0.15, -0.1) is 0 Å². The molecule has 5 nitrogen and oxygen atoms in total. The van der Waals surface area contributed by atoms with Gasteiger partial charge in [-0.1, -0.05) is 0 Å². The summed E-state index contributed by atoms with van der Waals surface area (Å²) >= 11 is 0. The Kier molecular flexibility index (Phi) is 2.95. The number of nitrogen functional groups attached to an aromatic ring is 1. The van der Waals surface area contributed by atoms with E-state index in [1.165, 1.54) is 6.26 Å². The van der Waals surface area contributed by atoms with Gasteiger partial charge in [-0.3, -0.25) is 0 Å². The largest absolute Gasteiger partial charge is 0.497 e. The van der Waals surface area contributed by atoms with Gasteiger partial charge < -0.3 is 19.6 Å². The minimum absolute atomic E-state index is 0.147. The van der Waals surface area contributed by atoms with E-state index in [1.807, 2.05) is 24.3 Å².